The third kappa shape index (κ3) is 1.60. The number of nitrogens with two attached hydrogens (primary N) is 1. The second-order valence-electron chi connectivity index (χ2n) is 2.47. The molecule has 6 heteroatoms. The molecule has 0 fully saturated rings. The monoisotopic (exact) mass is 325 g/mol. The Labute approximate surface area is 96.4 Å². The van der Waals surface area contributed by atoms with Crippen LogP contribution in [0.15, 0.2) is 18.2 Å². The van der Waals surface area contributed by atoms with Gasteiger partial charge >= 0.3 is 0 Å². The molecule has 13 heavy (non-hydrogen) atoms. The fourth-order valence-electron chi connectivity index (χ4n) is 1.12. The van der Waals surface area contributed by atoms with Gasteiger partial charge < -0.3 is 5.73 Å². The van der Waals surface area contributed by atoms with Gasteiger partial charge in [-0.25, -0.2) is 8.96 Å². The summed E-state index contributed by atoms with van der Waals surface area (Å²) in [5.41, 5.74) is 7.51. The molecule has 3 nitrogen and oxygen atoms in total. The highest BCUT2D eigenvalue weighted by molar-refractivity contribution is 14.2. The molecule has 0 saturated heterocycles. The Morgan fingerprint density at radius 1 is 1.54 bits per heavy atom. The molecule has 1 heterocycles. The van der Waals surface area contributed by atoms with Crippen molar-refractivity contribution in [2.45, 2.75) is 0 Å². The Kier molecular flexibility index (Phi) is 2.57. The molecule has 0 saturated carbocycles. The van der Waals surface area contributed by atoms with E-state index in [0.717, 1.165) is 11.0 Å². The largest absolute Gasteiger partial charge is 0.368 e. The molecule has 0 aliphatic rings. The fraction of sp³-hybridized carbons (Fsp3) is 0. The van der Waals surface area contributed by atoms with Crippen LogP contribution in [0, 0.1) is 0 Å². The Bertz CT molecular complexity index is 456. The fourth-order valence-corrected chi connectivity index (χ4v) is 2.87. The summed E-state index contributed by atoms with van der Waals surface area (Å²) in [5, 5.41) is 0.676. The van der Waals surface area contributed by atoms with Crippen LogP contribution in [0.25, 0.3) is 11.0 Å². The number of fused-ring (bicyclic) bond motifs is 1. The van der Waals surface area contributed by atoms with E-state index >= 15 is 0 Å². The minimum absolute atomic E-state index is 0.497. The number of nitrogen functional groups attached to an aromatic ring is 1. The quantitative estimate of drug-likeness (QED) is 0.819. The van der Waals surface area contributed by atoms with Crippen molar-refractivity contribution in [3.05, 3.63) is 23.2 Å². The summed E-state index contributed by atoms with van der Waals surface area (Å²) in [5.74, 6) is 0.497. The Morgan fingerprint density at radius 2 is 2.31 bits per heavy atom. The summed E-state index contributed by atoms with van der Waals surface area (Å²) in [6.07, 6.45) is 0. The zero-order valence-electron chi connectivity index (χ0n) is 6.37. The second-order valence-corrected chi connectivity index (χ2v) is 4.59. The molecule has 0 bridgehead atoms. The number of halogens is 2. The van der Waals surface area contributed by atoms with Gasteiger partial charge in [0.1, 0.15) is 0 Å². The van der Waals surface area contributed by atoms with Gasteiger partial charge in [0, 0.05) is 35.3 Å². The summed E-state index contributed by atoms with van der Waals surface area (Å²) >= 11 is 7.98. The van der Waals surface area contributed by atoms with Crippen LogP contribution in [0.5, 0.6) is 0 Å². The van der Waals surface area contributed by atoms with E-state index < -0.39 is 0 Å². The number of rotatable bonds is 1. The Hall–Kier alpha value is -0.140. The van der Waals surface area contributed by atoms with Gasteiger partial charge in [-0.1, -0.05) is 11.6 Å². The zero-order chi connectivity index (χ0) is 9.42. The smallest absolute Gasteiger partial charge is 0.212 e. The van der Waals surface area contributed by atoms with Gasteiger partial charge in [-0.2, -0.15) is 0 Å². The van der Waals surface area contributed by atoms with Crippen LogP contribution in [0.2, 0.25) is 5.02 Å². The lowest BCUT2D eigenvalue weighted by molar-refractivity contribution is 1.29. The van der Waals surface area contributed by atoms with E-state index in [2.05, 4.69) is 26.2 Å². The van der Waals surface area contributed by atoms with E-state index in [4.69, 9.17) is 17.3 Å². The maximum atomic E-state index is 5.82. The molecule has 2 rings (SSSR count). The number of hydrogen-bond acceptors (Lipinski definition) is 3. The lowest BCUT2D eigenvalue weighted by Gasteiger charge is -1.97. The van der Waals surface area contributed by atoms with Crippen molar-refractivity contribution in [1.29, 1.82) is 0 Å². The Balaban J connectivity index is 2.79. The first kappa shape index (κ1) is 9.42. The van der Waals surface area contributed by atoms with Crippen molar-refractivity contribution >= 4 is 58.9 Å². The summed E-state index contributed by atoms with van der Waals surface area (Å²) in [4.78, 5) is 4.18. The lowest BCUT2D eigenvalue weighted by atomic mass is 10.3. The first-order valence-electron chi connectivity index (χ1n) is 3.45. The van der Waals surface area contributed by atoms with Gasteiger partial charge in [-0.05, 0) is 18.2 Å². The molecule has 1 aromatic carbocycles. The predicted molar refractivity (Wildman–Crippen MR) is 66.2 cm³/mol. The third-order valence-electron chi connectivity index (χ3n) is 1.67. The molecule has 0 unspecified atom stereocenters. The normalized spacial score (nSPS) is 10.9. The van der Waals surface area contributed by atoms with E-state index in [-0.39, 0.29) is 0 Å². The minimum atomic E-state index is 0.497. The van der Waals surface area contributed by atoms with Crippen LogP contribution < -0.4 is 5.73 Å². The van der Waals surface area contributed by atoms with Crippen molar-refractivity contribution < 1.29 is 0 Å². The van der Waals surface area contributed by atoms with Gasteiger partial charge in [0.25, 0.3) is 0 Å². The zero-order valence-corrected chi connectivity index (χ0v) is 10.1. The van der Waals surface area contributed by atoms with Crippen LogP contribution in [-0.4, -0.2) is 8.96 Å². The first-order chi connectivity index (χ1) is 6.22. The number of hydrogen-bond donors (Lipinski definition) is 1. The van der Waals surface area contributed by atoms with E-state index in [9.17, 15) is 0 Å². The van der Waals surface area contributed by atoms with Gasteiger partial charge in [0.05, 0.1) is 11.0 Å². The number of imidazole rings is 1. The average Bonchev–Trinajstić information content (AvgIpc) is 2.39. The predicted octanol–water partition coefficient (Wildman–Crippen LogP) is 3.12. The van der Waals surface area contributed by atoms with Crippen LogP contribution in [0.1, 0.15) is 0 Å². The van der Waals surface area contributed by atoms with Crippen LogP contribution in [0.4, 0.5) is 5.95 Å². The molecule has 0 aliphatic heterocycles. The number of aromatic nitrogens is 2. The van der Waals surface area contributed by atoms with Crippen LogP contribution in [-0.2, 0) is 0 Å². The average molecular weight is 326 g/mol. The summed E-state index contributed by atoms with van der Waals surface area (Å²) in [7, 11) is 1.49. The van der Waals surface area contributed by atoms with E-state index in [0.29, 0.717) is 11.0 Å². The van der Waals surface area contributed by atoms with Crippen LogP contribution in [0.3, 0.4) is 0 Å². The first-order valence-corrected chi connectivity index (χ1v) is 7.14. The van der Waals surface area contributed by atoms with Crippen molar-refractivity contribution in [1.82, 2.24) is 8.96 Å². The number of benzene rings is 1. The lowest BCUT2D eigenvalue weighted by Crippen LogP contribution is -1.92. The summed E-state index contributed by atoms with van der Waals surface area (Å²) < 4.78 is 1.85. The molecule has 0 amide bonds. The summed E-state index contributed by atoms with van der Waals surface area (Å²) in [6.45, 7) is 0. The minimum Gasteiger partial charge on any atom is -0.368 e. The topological polar surface area (TPSA) is 43.8 Å². The molecule has 68 valence electrons. The van der Waals surface area contributed by atoms with Crippen molar-refractivity contribution in [2.24, 2.45) is 0 Å². The molecule has 2 aromatic rings. The molecule has 1 aromatic heterocycles. The summed E-state index contributed by atoms with van der Waals surface area (Å²) in [6, 6.07) is 5.54. The molecule has 0 radical (unpaired) electrons. The molecule has 0 atom stereocenters. The van der Waals surface area contributed by atoms with Gasteiger partial charge in [0.2, 0.25) is 5.95 Å². The van der Waals surface area contributed by atoms with E-state index in [1.807, 2.05) is 16.1 Å². The van der Waals surface area contributed by atoms with E-state index in [1.165, 1.54) is 9.12 Å². The molecular formula is C7H5ClIN3S. The molecule has 0 spiro atoms. The van der Waals surface area contributed by atoms with Gasteiger partial charge in [-0.3, -0.25) is 0 Å². The molecule has 2 N–H and O–H groups in total. The van der Waals surface area contributed by atoms with Gasteiger partial charge in [0.15, 0.2) is 0 Å². The third-order valence-corrected chi connectivity index (χ3v) is 3.61. The number of nitrogens with zero attached hydrogens (tertiary/aromatic N) is 2. The standard InChI is InChI=1S/C7H5ClIN3S/c8-4-1-2-6-5(3-4)11-7(10)12(6)13-9/h1-3H,(H2,10,11). The number of anilines is 1. The highest BCUT2D eigenvalue weighted by Gasteiger charge is 2.07. The highest BCUT2D eigenvalue weighted by atomic mass is 127. The maximum Gasteiger partial charge on any atom is 0.212 e. The molecule has 0 aliphatic carbocycles. The van der Waals surface area contributed by atoms with E-state index in [1.54, 1.807) is 6.07 Å². The van der Waals surface area contributed by atoms with Crippen molar-refractivity contribution in [3.63, 3.8) is 0 Å². The Morgan fingerprint density at radius 3 is 3.00 bits per heavy atom. The maximum absolute atomic E-state index is 5.82. The van der Waals surface area contributed by atoms with Crippen LogP contribution >= 0.6 is 41.9 Å². The second kappa shape index (κ2) is 3.55. The van der Waals surface area contributed by atoms with Gasteiger partial charge in [-0.15, -0.1) is 0 Å². The molecular weight excluding hydrogens is 321 g/mol. The van der Waals surface area contributed by atoms with Crippen molar-refractivity contribution in [2.75, 3.05) is 5.73 Å². The SMILES string of the molecule is Nc1nc2cc(Cl)ccc2n1SI. The van der Waals surface area contributed by atoms with Crippen molar-refractivity contribution in [3.8, 4) is 0 Å². The highest BCUT2D eigenvalue weighted by Crippen LogP contribution is 2.28.